The van der Waals surface area contributed by atoms with E-state index in [2.05, 4.69) is 5.32 Å². The predicted molar refractivity (Wildman–Crippen MR) is 211 cm³/mol. The van der Waals surface area contributed by atoms with E-state index in [1.54, 1.807) is 26.1 Å². The predicted octanol–water partition coefficient (Wildman–Crippen LogP) is 13.1. The molecule has 0 aliphatic heterocycles. The topological polar surface area (TPSA) is 133 Å². The minimum atomic E-state index is -6.44. The molecule has 0 atom stereocenters. The van der Waals surface area contributed by atoms with Gasteiger partial charge in [-0.15, -0.1) is 0 Å². The summed E-state index contributed by atoms with van der Waals surface area (Å²) in [6, 6.07) is 4.59. The van der Waals surface area contributed by atoms with Crippen molar-refractivity contribution in [2.45, 2.75) is 96.5 Å². The number of Topliss-reactive ketones (excluding diaryl/α,β-unsaturated/α-hetero) is 1. The second kappa shape index (κ2) is 17.5. The lowest BCUT2D eigenvalue weighted by molar-refractivity contribution is -0.288. The molecule has 0 aliphatic carbocycles. The quantitative estimate of drug-likeness (QED) is 0.0731. The number of carbonyl (C=O) groups is 4. The van der Waals surface area contributed by atoms with Gasteiger partial charge in [0.15, 0.2) is 5.78 Å². The van der Waals surface area contributed by atoms with Gasteiger partial charge in [0.25, 0.3) is 5.91 Å². The second-order valence-electron chi connectivity index (χ2n) is 15.8. The average molecular weight is 921 g/mol. The molecule has 0 aromatic heterocycles. The van der Waals surface area contributed by atoms with Crippen molar-refractivity contribution < 1.29 is 82.1 Å². The van der Waals surface area contributed by atoms with Crippen molar-refractivity contribution in [2.24, 2.45) is 5.41 Å². The van der Waals surface area contributed by atoms with E-state index in [1.807, 2.05) is 0 Å². The second-order valence-corrected chi connectivity index (χ2v) is 15.8. The first kappa shape index (κ1) is 50.6. The number of carboxylic acid groups (broad SMARTS) is 2. The fourth-order valence-corrected chi connectivity index (χ4v) is 7.04. The summed E-state index contributed by atoms with van der Waals surface area (Å²) in [5.74, 6) is -6.94. The molecule has 0 saturated carbocycles. The van der Waals surface area contributed by atoms with Gasteiger partial charge in [-0.25, -0.2) is 9.59 Å². The van der Waals surface area contributed by atoms with Gasteiger partial charge in [0.1, 0.15) is 0 Å². The summed E-state index contributed by atoms with van der Waals surface area (Å²) in [4.78, 5) is 51.7. The van der Waals surface area contributed by atoms with E-state index in [9.17, 15) is 55.7 Å². The van der Waals surface area contributed by atoms with Crippen LogP contribution in [-0.2, 0) is 17.8 Å². The first-order chi connectivity index (χ1) is 29.2. The number of rotatable bonds is 14. The van der Waals surface area contributed by atoms with E-state index in [0.29, 0.717) is 30.7 Å². The molecular formula is C44H40F12N2O6. The summed E-state index contributed by atoms with van der Waals surface area (Å²) in [5, 5.41) is 24.3. The van der Waals surface area contributed by atoms with Crippen molar-refractivity contribution in [2.75, 3.05) is 10.6 Å². The van der Waals surface area contributed by atoms with Crippen LogP contribution < -0.4 is 10.6 Å². The SMILES string of the molecule is CCC(C)(C)Nc1ccc(-c2ccc(NC(=O)c3cc(C(c4ccc(C(=O)O)c(C(=O)C(C)(CC)CC)c4)(C(F)(F)F)C(F)(F)F)ccc3C(=O)O)cc2C(F)(F)F)c(C(F)(F)F)c1. The van der Waals surface area contributed by atoms with Crippen molar-refractivity contribution in [3.8, 4) is 11.1 Å². The Balaban J connectivity index is 1.97. The molecule has 1 amide bonds. The summed E-state index contributed by atoms with van der Waals surface area (Å²) in [5.41, 5.74) is -21.9. The number of amides is 1. The van der Waals surface area contributed by atoms with Crippen LogP contribution in [0.25, 0.3) is 11.1 Å². The Morgan fingerprint density at radius 1 is 0.516 bits per heavy atom. The van der Waals surface area contributed by atoms with Gasteiger partial charge in [-0.05, 0) is 104 Å². The molecule has 4 N–H and O–H groups in total. The van der Waals surface area contributed by atoms with Crippen molar-refractivity contribution in [3.05, 3.63) is 117 Å². The number of anilines is 2. The van der Waals surface area contributed by atoms with E-state index in [1.165, 1.54) is 20.8 Å². The number of hydrogen-bond acceptors (Lipinski definition) is 5. The molecular weight excluding hydrogens is 880 g/mol. The smallest absolute Gasteiger partial charge is 0.417 e. The summed E-state index contributed by atoms with van der Waals surface area (Å²) >= 11 is 0. The van der Waals surface area contributed by atoms with Gasteiger partial charge >= 0.3 is 36.6 Å². The summed E-state index contributed by atoms with van der Waals surface area (Å²) in [6.45, 7) is 9.34. The molecule has 0 heterocycles. The number of carboxylic acids is 2. The van der Waals surface area contributed by atoms with Crippen LogP contribution in [0, 0.1) is 5.41 Å². The number of aromatic carboxylic acids is 2. The molecule has 0 bridgehead atoms. The van der Waals surface area contributed by atoms with Crippen LogP contribution in [0.3, 0.4) is 0 Å². The van der Waals surface area contributed by atoms with Gasteiger partial charge in [-0.3, -0.25) is 9.59 Å². The lowest BCUT2D eigenvalue weighted by Gasteiger charge is -2.39. The van der Waals surface area contributed by atoms with Crippen molar-refractivity contribution in [3.63, 3.8) is 0 Å². The Bertz CT molecular complexity index is 2450. The van der Waals surface area contributed by atoms with Gasteiger partial charge in [-0.2, -0.15) is 52.7 Å². The van der Waals surface area contributed by atoms with Crippen LogP contribution in [0.1, 0.15) is 124 Å². The highest BCUT2D eigenvalue weighted by Gasteiger charge is 2.73. The number of halogens is 12. The van der Waals surface area contributed by atoms with Crippen LogP contribution in [0.5, 0.6) is 0 Å². The van der Waals surface area contributed by atoms with Crippen molar-refractivity contribution in [1.82, 2.24) is 0 Å². The van der Waals surface area contributed by atoms with Crippen LogP contribution in [0.15, 0.2) is 72.8 Å². The molecule has 0 aliphatic rings. The minimum absolute atomic E-state index is 0.0191. The first-order valence-corrected chi connectivity index (χ1v) is 19.2. The van der Waals surface area contributed by atoms with Crippen molar-refractivity contribution >= 4 is 35.0 Å². The highest BCUT2D eigenvalue weighted by atomic mass is 19.4. The van der Waals surface area contributed by atoms with E-state index in [0.717, 1.165) is 12.1 Å². The third kappa shape index (κ3) is 9.69. The zero-order chi connectivity index (χ0) is 48.8. The normalized spacial score (nSPS) is 13.1. The van der Waals surface area contributed by atoms with Crippen LogP contribution in [0.2, 0.25) is 0 Å². The third-order valence-electron chi connectivity index (χ3n) is 11.4. The number of carbonyl (C=O) groups excluding carboxylic acids is 2. The third-order valence-corrected chi connectivity index (χ3v) is 11.4. The summed E-state index contributed by atoms with van der Waals surface area (Å²) in [7, 11) is 0. The maximum Gasteiger partial charge on any atom is 0.417 e. The van der Waals surface area contributed by atoms with Gasteiger partial charge in [0.2, 0.25) is 5.41 Å². The number of hydrogen-bond donors (Lipinski definition) is 4. The Labute approximate surface area is 357 Å². The van der Waals surface area contributed by atoms with E-state index in [-0.39, 0.29) is 54.9 Å². The Kier molecular flexibility index (Phi) is 13.8. The van der Waals surface area contributed by atoms with Gasteiger partial charge in [0, 0.05) is 27.9 Å². The summed E-state index contributed by atoms with van der Waals surface area (Å²) < 4.78 is 179. The molecule has 4 rings (SSSR count). The standard InChI is InChI=1S/C44H40F12N2O6/c1-7-38(4,5)58-25-13-17-27(33(21-25)42(48,49)50)26-16-12-24(20-32(26)41(45,46)47)57-35(60)31-19-23(11-15-29(31)37(63)64)40(43(51,52)53,44(54,55)56)22-10-14-28(36(61)62)30(18-22)34(59)39(6,8-2)9-3/h10-21,58H,7-9H2,1-6H3,(H,57,60)(H,61,62)(H,63,64). The highest BCUT2D eigenvalue weighted by molar-refractivity contribution is 6.11. The zero-order valence-corrected chi connectivity index (χ0v) is 34.6. The largest absolute Gasteiger partial charge is 0.478 e. The molecule has 20 heteroatoms. The molecule has 4 aromatic carbocycles. The molecule has 346 valence electrons. The Hall–Kier alpha value is -6.08. The number of nitrogens with one attached hydrogen (secondary N) is 2. The molecule has 0 fully saturated rings. The lowest BCUT2D eigenvalue weighted by Crippen LogP contribution is -2.55. The van der Waals surface area contributed by atoms with Crippen LogP contribution in [0.4, 0.5) is 64.1 Å². The highest BCUT2D eigenvalue weighted by Crippen LogP contribution is 2.57. The molecule has 0 spiro atoms. The Morgan fingerprint density at radius 3 is 1.31 bits per heavy atom. The monoisotopic (exact) mass is 920 g/mol. The maximum absolute atomic E-state index is 15.4. The number of ketones is 1. The average Bonchev–Trinajstić information content (AvgIpc) is 3.18. The molecule has 0 radical (unpaired) electrons. The fraction of sp³-hybridized carbons (Fsp3) is 0.364. The van der Waals surface area contributed by atoms with Crippen LogP contribution >= 0.6 is 0 Å². The van der Waals surface area contributed by atoms with Gasteiger partial charge in [-0.1, -0.05) is 52.0 Å². The van der Waals surface area contributed by atoms with Gasteiger partial charge in [0.05, 0.1) is 27.8 Å². The maximum atomic E-state index is 15.4. The molecule has 0 unspecified atom stereocenters. The summed E-state index contributed by atoms with van der Waals surface area (Å²) in [6.07, 6.45) is -23.1. The molecule has 4 aromatic rings. The fourth-order valence-electron chi connectivity index (χ4n) is 7.04. The molecule has 8 nitrogen and oxygen atoms in total. The van der Waals surface area contributed by atoms with E-state index < -0.39 is 126 Å². The van der Waals surface area contributed by atoms with Crippen molar-refractivity contribution in [1.29, 1.82) is 0 Å². The molecule has 64 heavy (non-hydrogen) atoms. The number of alkyl halides is 12. The van der Waals surface area contributed by atoms with E-state index in [4.69, 9.17) is 0 Å². The van der Waals surface area contributed by atoms with Crippen LogP contribution in [-0.4, -0.2) is 51.7 Å². The first-order valence-electron chi connectivity index (χ1n) is 19.2. The molecule has 0 saturated heterocycles. The number of benzene rings is 4. The lowest BCUT2D eigenvalue weighted by atomic mass is 9.70. The van der Waals surface area contributed by atoms with Gasteiger partial charge < -0.3 is 20.8 Å². The minimum Gasteiger partial charge on any atom is -0.478 e. The zero-order valence-electron chi connectivity index (χ0n) is 34.6. The Morgan fingerprint density at radius 2 is 0.922 bits per heavy atom. The van der Waals surface area contributed by atoms with E-state index >= 15 is 26.3 Å².